The van der Waals surface area contributed by atoms with E-state index in [1.807, 2.05) is 22.6 Å². The number of halogens is 1. The maximum atomic E-state index is 12.7. The van der Waals surface area contributed by atoms with E-state index in [9.17, 15) is 24.0 Å². The Morgan fingerprint density at radius 3 is 1.97 bits per heavy atom. The van der Waals surface area contributed by atoms with E-state index in [1.54, 1.807) is 24.3 Å². The van der Waals surface area contributed by atoms with Gasteiger partial charge < -0.3 is 34.3 Å². The van der Waals surface area contributed by atoms with E-state index < -0.39 is 67.2 Å². The van der Waals surface area contributed by atoms with Gasteiger partial charge in [-0.3, -0.25) is 19.2 Å². The molecule has 2 amide bonds. The maximum absolute atomic E-state index is 12.7. The predicted octanol–water partition coefficient (Wildman–Crippen LogP) is 1.50. The van der Waals surface area contributed by atoms with Crippen LogP contribution in [0.25, 0.3) is 0 Å². The molecule has 2 rings (SSSR count). The van der Waals surface area contributed by atoms with Crippen LogP contribution in [0.5, 0.6) is 0 Å². The SMILES string of the molecule is CC(=O)OC[C@H]1O[C@@H](NC(=O)Nc2ccccc2I)[C@@H](OC(C)=O)[C@H](OC(C)=O)[C@H]1OC(C)=O. The topological polar surface area (TPSA) is 156 Å². The van der Waals surface area contributed by atoms with Crippen molar-refractivity contribution < 1.29 is 47.7 Å². The number of nitrogens with one attached hydrogen (secondary N) is 2. The number of amides is 2. The Kier molecular flexibility index (Phi) is 10.0. The summed E-state index contributed by atoms with van der Waals surface area (Å²) in [6, 6.07) is 6.26. The second-order valence-corrected chi connectivity index (χ2v) is 8.36. The van der Waals surface area contributed by atoms with Gasteiger partial charge in [0.25, 0.3) is 0 Å². The molecule has 12 nitrogen and oxygen atoms in total. The third-order valence-corrected chi connectivity index (χ3v) is 5.33. The molecule has 0 aromatic heterocycles. The average molecular weight is 592 g/mol. The second kappa shape index (κ2) is 12.5. The fourth-order valence-electron chi connectivity index (χ4n) is 3.19. The van der Waals surface area contributed by atoms with Gasteiger partial charge in [0.1, 0.15) is 12.7 Å². The zero-order chi connectivity index (χ0) is 25.4. The van der Waals surface area contributed by atoms with Crippen LogP contribution in [0.3, 0.4) is 0 Å². The van der Waals surface area contributed by atoms with Crippen molar-refractivity contribution in [3.8, 4) is 0 Å². The van der Waals surface area contributed by atoms with E-state index >= 15 is 0 Å². The Balaban J connectivity index is 2.37. The van der Waals surface area contributed by atoms with Gasteiger partial charge in [-0.15, -0.1) is 0 Å². The summed E-state index contributed by atoms with van der Waals surface area (Å²) in [5.74, 6) is -2.93. The van der Waals surface area contributed by atoms with Crippen LogP contribution in [-0.4, -0.2) is 67.2 Å². The molecule has 1 aromatic rings. The molecular formula is C21H25IN2O10. The quantitative estimate of drug-likeness (QED) is 0.270. The van der Waals surface area contributed by atoms with Gasteiger partial charge in [-0.1, -0.05) is 12.1 Å². The van der Waals surface area contributed by atoms with Crippen LogP contribution < -0.4 is 10.6 Å². The van der Waals surface area contributed by atoms with Crippen LogP contribution >= 0.6 is 22.6 Å². The Morgan fingerprint density at radius 2 is 1.41 bits per heavy atom. The molecule has 0 bridgehead atoms. The van der Waals surface area contributed by atoms with Crippen LogP contribution in [0.4, 0.5) is 10.5 Å². The van der Waals surface area contributed by atoms with Gasteiger partial charge in [-0.05, 0) is 34.7 Å². The smallest absolute Gasteiger partial charge is 0.321 e. The molecule has 1 aromatic carbocycles. The zero-order valence-corrected chi connectivity index (χ0v) is 21.0. The molecule has 5 atom stereocenters. The lowest BCUT2D eigenvalue weighted by molar-refractivity contribution is -0.255. The molecule has 186 valence electrons. The summed E-state index contributed by atoms with van der Waals surface area (Å²) in [6.45, 7) is 4.11. The van der Waals surface area contributed by atoms with Gasteiger partial charge in [0.05, 0.1) is 5.69 Å². The number of carbonyl (C=O) groups excluding carboxylic acids is 5. The van der Waals surface area contributed by atoms with Crippen molar-refractivity contribution in [1.82, 2.24) is 5.32 Å². The number of carbonyl (C=O) groups is 5. The number of benzene rings is 1. The van der Waals surface area contributed by atoms with E-state index in [-0.39, 0.29) is 0 Å². The first-order valence-corrected chi connectivity index (χ1v) is 11.2. The minimum absolute atomic E-state index is 0.395. The molecule has 1 aliphatic heterocycles. The van der Waals surface area contributed by atoms with Crippen LogP contribution in [0, 0.1) is 3.57 Å². The van der Waals surface area contributed by atoms with Crippen LogP contribution in [0.2, 0.25) is 0 Å². The number of anilines is 1. The molecule has 13 heteroatoms. The third kappa shape index (κ3) is 8.13. The van der Waals surface area contributed by atoms with Gasteiger partial charge in [-0.2, -0.15) is 0 Å². The predicted molar refractivity (Wildman–Crippen MR) is 123 cm³/mol. The number of esters is 4. The summed E-state index contributed by atoms with van der Waals surface area (Å²) in [5, 5.41) is 5.16. The largest absolute Gasteiger partial charge is 0.463 e. The lowest BCUT2D eigenvalue weighted by Crippen LogP contribution is -2.66. The van der Waals surface area contributed by atoms with E-state index in [0.29, 0.717) is 5.69 Å². The summed E-state index contributed by atoms with van der Waals surface area (Å²) in [4.78, 5) is 59.4. The molecule has 0 radical (unpaired) electrons. The maximum Gasteiger partial charge on any atom is 0.321 e. The molecule has 1 heterocycles. The van der Waals surface area contributed by atoms with Gasteiger partial charge >= 0.3 is 29.9 Å². The summed E-state index contributed by atoms with van der Waals surface area (Å²) < 4.78 is 27.5. The minimum atomic E-state index is -1.39. The van der Waals surface area contributed by atoms with Gasteiger partial charge in [-0.25, -0.2) is 4.79 Å². The monoisotopic (exact) mass is 592 g/mol. The van der Waals surface area contributed by atoms with Gasteiger partial charge in [0.15, 0.2) is 24.5 Å². The lowest BCUT2D eigenvalue weighted by Gasteiger charge is -2.44. The Bertz CT molecular complexity index is 940. The number of ether oxygens (including phenoxy) is 5. The molecule has 0 unspecified atom stereocenters. The van der Waals surface area contributed by atoms with Crippen molar-refractivity contribution in [3.63, 3.8) is 0 Å². The van der Waals surface area contributed by atoms with Gasteiger partial charge in [0, 0.05) is 31.3 Å². The second-order valence-electron chi connectivity index (χ2n) is 7.20. The summed E-state index contributed by atoms with van der Waals surface area (Å²) in [7, 11) is 0. The molecule has 0 aliphatic carbocycles. The normalized spacial score (nSPS) is 23.7. The first-order chi connectivity index (χ1) is 16.0. The Hall–Kier alpha value is -2.94. The van der Waals surface area contributed by atoms with Crippen molar-refractivity contribution in [2.75, 3.05) is 11.9 Å². The highest BCUT2D eigenvalue weighted by Crippen LogP contribution is 2.28. The average Bonchev–Trinajstić information content (AvgIpc) is 2.71. The van der Waals surface area contributed by atoms with Crippen molar-refractivity contribution in [2.24, 2.45) is 0 Å². The van der Waals surface area contributed by atoms with E-state index in [1.165, 1.54) is 6.92 Å². The summed E-state index contributed by atoms with van der Waals surface area (Å²) in [5.41, 5.74) is 0.506. The summed E-state index contributed by atoms with van der Waals surface area (Å²) >= 11 is 2.04. The lowest BCUT2D eigenvalue weighted by atomic mass is 9.97. The molecule has 1 saturated heterocycles. The zero-order valence-electron chi connectivity index (χ0n) is 18.9. The fourth-order valence-corrected chi connectivity index (χ4v) is 3.72. The fraction of sp³-hybridized carbons (Fsp3) is 0.476. The molecule has 0 spiro atoms. The Morgan fingerprint density at radius 1 is 0.853 bits per heavy atom. The van der Waals surface area contributed by atoms with E-state index in [4.69, 9.17) is 23.7 Å². The minimum Gasteiger partial charge on any atom is -0.463 e. The molecule has 1 aliphatic rings. The molecular weight excluding hydrogens is 567 g/mol. The highest BCUT2D eigenvalue weighted by molar-refractivity contribution is 14.1. The molecule has 1 fully saturated rings. The molecule has 34 heavy (non-hydrogen) atoms. The standard InChI is InChI=1S/C21H25IN2O10/c1-10(25)30-9-16-17(31-11(2)26)18(32-12(3)27)19(33-13(4)28)20(34-16)24-21(29)23-15-8-6-5-7-14(15)22/h5-8,16-20H,9H2,1-4H3,(H2,23,24,29)/t16-,17+,18-,19+,20-/m1/s1. The van der Waals surface area contributed by atoms with E-state index in [0.717, 1.165) is 24.3 Å². The van der Waals surface area contributed by atoms with E-state index in [2.05, 4.69) is 10.6 Å². The third-order valence-electron chi connectivity index (χ3n) is 4.39. The number of hydrogen-bond acceptors (Lipinski definition) is 10. The van der Waals surface area contributed by atoms with Crippen LogP contribution in [0.1, 0.15) is 27.7 Å². The molecule has 0 saturated carbocycles. The van der Waals surface area contributed by atoms with Crippen LogP contribution in [0.15, 0.2) is 24.3 Å². The van der Waals surface area contributed by atoms with Crippen molar-refractivity contribution in [3.05, 3.63) is 27.8 Å². The van der Waals surface area contributed by atoms with Crippen molar-refractivity contribution in [1.29, 1.82) is 0 Å². The number of urea groups is 1. The molecule has 2 N–H and O–H groups in total. The van der Waals surface area contributed by atoms with Gasteiger partial charge in [0.2, 0.25) is 0 Å². The highest BCUT2D eigenvalue weighted by atomic mass is 127. The number of hydrogen-bond donors (Lipinski definition) is 2. The van der Waals surface area contributed by atoms with Crippen molar-refractivity contribution >= 4 is 58.2 Å². The first kappa shape index (κ1) is 27.3. The first-order valence-electron chi connectivity index (χ1n) is 10.1. The van der Waals surface area contributed by atoms with Crippen molar-refractivity contribution in [2.45, 2.75) is 58.3 Å². The Labute approximate surface area is 209 Å². The van der Waals surface area contributed by atoms with Crippen LogP contribution in [-0.2, 0) is 42.9 Å². The highest BCUT2D eigenvalue weighted by Gasteiger charge is 2.52. The number of para-hydroxylation sites is 1. The number of rotatable bonds is 7. The summed E-state index contributed by atoms with van der Waals surface area (Å²) in [6.07, 6.45) is -6.59.